The Bertz CT molecular complexity index is 595. The topological polar surface area (TPSA) is 58.6 Å². The Kier molecular flexibility index (Phi) is 4.67. The summed E-state index contributed by atoms with van der Waals surface area (Å²) in [6, 6.07) is 6.74. The van der Waals surface area contributed by atoms with Crippen molar-refractivity contribution in [2.45, 2.75) is 19.9 Å². The van der Waals surface area contributed by atoms with E-state index in [-0.39, 0.29) is 6.03 Å². The molecule has 1 atom stereocenters. The van der Waals surface area contributed by atoms with Crippen molar-refractivity contribution < 1.29 is 14.3 Å². The lowest BCUT2D eigenvalue weighted by molar-refractivity contribution is -0.139. The van der Waals surface area contributed by atoms with Crippen LogP contribution in [0.4, 0.5) is 4.79 Å². The Morgan fingerprint density at radius 1 is 1.38 bits per heavy atom. The second kappa shape index (κ2) is 6.30. The zero-order valence-corrected chi connectivity index (χ0v) is 13.7. The van der Waals surface area contributed by atoms with Crippen molar-refractivity contribution in [3.8, 4) is 0 Å². The lowest BCUT2D eigenvalue weighted by Gasteiger charge is -2.33. The summed E-state index contributed by atoms with van der Waals surface area (Å²) >= 11 is 3.37. The van der Waals surface area contributed by atoms with Gasteiger partial charge in [0.15, 0.2) is 0 Å². The van der Waals surface area contributed by atoms with Gasteiger partial charge in [0.1, 0.15) is 0 Å². The molecule has 0 radical (unpaired) electrons. The molecule has 5 nitrogen and oxygen atoms in total. The highest BCUT2D eigenvalue weighted by Crippen LogP contribution is 2.31. The molecule has 1 aromatic carbocycles. The highest BCUT2D eigenvalue weighted by molar-refractivity contribution is 9.10. The fourth-order valence-electron chi connectivity index (χ4n) is 2.21. The summed E-state index contributed by atoms with van der Waals surface area (Å²) in [5, 5.41) is 2.83. The van der Waals surface area contributed by atoms with Crippen molar-refractivity contribution in [2.75, 3.05) is 13.7 Å². The number of nitrogens with zero attached hydrogens (tertiary/aromatic N) is 1. The number of carbonyl (C=O) groups excluding carboxylic acids is 2. The molecule has 2 rings (SSSR count). The van der Waals surface area contributed by atoms with Gasteiger partial charge in [0, 0.05) is 17.2 Å². The van der Waals surface area contributed by atoms with Crippen molar-refractivity contribution in [2.24, 2.45) is 0 Å². The van der Waals surface area contributed by atoms with Crippen LogP contribution in [0.3, 0.4) is 0 Å². The first kappa shape index (κ1) is 15.6. The average Bonchev–Trinajstić information content (AvgIpc) is 2.45. The summed E-state index contributed by atoms with van der Waals surface area (Å²) in [7, 11) is 1.63. The number of halogens is 1. The molecule has 1 heterocycles. The first-order chi connectivity index (χ1) is 9.95. The molecule has 112 valence electrons. The van der Waals surface area contributed by atoms with E-state index in [1.165, 1.54) is 4.90 Å². The zero-order valence-electron chi connectivity index (χ0n) is 12.1. The molecular weight excluding hydrogens is 336 g/mol. The molecule has 1 aliphatic heterocycles. The number of esters is 1. The molecule has 1 aliphatic rings. The molecule has 1 N–H and O–H groups in total. The maximum absolute atomic E-state index is 12.2. The summed E-state index contributed by atoms with van der Waals surface area (Å²) < 4.78 is 6.06. The van der Waals surface area contributed by atoms with Gasteiger partial charge in [-0.25, -0.2) is 9.59 Å². The minimum absolute atomic E-state index is 0.242. The van der Waals surface area contributed by atoms with Crippen LogP contribution < -0.4 is 5.32 Å². The monoisotopic (exact) mass is 352 g/mol. The number of amides is 2. The molecule has 2 amide bonds. The van der Waals surface area contributed by atoms with E-state index in [2.05, 4.69) is 21.2 Å². The van der Waals surface area contributed by atoms with Crippen molar-refractivity contribution in [3.63, 3.8) is 0 Å². The van der Waals surface area contributed by atoms with Crippen molar-refractivity contribution >= 4 is 27.9 Å². The average molecular weight is 353 g/mol. The number of hydrogen-bond acceptors (Lipinski definition) is 3. The van der Waals surface area contributed by atoms with Crippen LogP contribution in [0, 0.1) is 0 Å². The zero-order chi connectivity index (χ0) is 15.6. The maximum Gasteiger partial charge on any atom is 0.338 e. The van der Waals surface area contributed by atoms with Crippen LogP contribution in [-0.4, -0.2) is 30.6 Å². The minimum atomic E-state index is -0.499. The first-order valence-corrected chi connectivity index (χ1v) is 7.42. The van der Waals surface area contributed by atoms with E-state index in [0.29, 0.717) is 17.9 Å². The molecule has 21 heavy (non-hydrogen) atoms. The van der Waals surface area contributed by atoms with E-state index in [0.717, 1.165) is 10.0 Å². The number of nitrogens with one attached hydrogen (secondary N) is 1. The van der Waals surface area contributed by atoms with E-state index < -0.39 is 12.0 Å². The van der Waals surface area contributed by atoms with Crippen molar-refractivity contribution in [1.29, 1.82) is 0 Å². The fourth-order valence-corrected chi connectivity index (χ4v) is 2.48. The molecule has 0 aliphatic carbocycles. The quantitative estimate of drug-likeness (QED) is 0.850. The molecule has 0 saturated heterocycles. The van der Waals surface area contributed by atoms with Crippen LogP contribution in [0.25, 0.3) is 0 Å². The molecule has 0 saturated carbocycles. The van der Waals surface area contributed by atoms with Gasteiger partial charge in [-0.05, 0) is 31.5 Å². The summed E-state index contributed by atoms with van der Waals surface area (Å²) in [4.78, 5) is 25.7. The number of rotatable bonds is 3. The van der Waals surface area contributed by atoms with Gasteiger partial charge in [-0.15, -0.1) is 0 Å². The van der Waals surface area contributed by atoms with Crippen molar-refractivity contribution in [1.82, 2.24) is 10.2 Å². The van der Waals surface area contributed by atoms with Gasteiger partial charge in [-0.3, -0.25) is 0 Å². The molecular formula is C15H17BrN2O3. The predicted octanol–water partition coefficient (Wildman–Crippen LogP) is 2.98. The molecule has 0 spiro atoms. The Morgan fingerprint density at radius 3 is 2.57 bits per heavy atom. The normalized spacial score (nSPS) is 18.6. The second-order valence-corrected chi connectivity index (χ2v) is 5.63. The first-order valence-electron chi connectivity index (χ1n) is 6.63. The van der Waals surface area contributed by atoms with E-state index >= 15 is 0 Å². The van der Waals surface area contributed by atoms with Gasteiger partial charge in [-0.2, -0.15) is 0 Å². The fraction of sp³-hybridized carbons (Fsp3) is 0.333. The number of allylic oxidation sites excluding steroid dienone is 1. The van der Waals surface area contributed by atoms with Gasteiger partial charge in [0.2, 0.25) is 0 Å². The van der Waals surface area contributed by atoms with E-state index in [1.807, 2.05) is 24.3 Å². The SMILES string of the molecule is CCOC(=O)C1=C(C)N(C)C(=O)N[C@H]1c1ccc(Br)cc1. The summed E-state index contributed by atoms with van der Waals surface area (Å²) in [6.07, 6.45) is 0. The predicted molar refractivity (Wildman–Crippen MR) is 82.5 cm³/mol. The second-order valence-electron chi connectivity index (χ2n) is 4.71. The molecule has 1 aromatic rings. The largest absolute Gasteiger partial charge is 0.463 e. The van der Waals surface area contributed by atoms with E-state index in [1.54, 1.807) is 20.9 Å². The van der Waals surface area contributed by atoms with Gasteiger partial charge >= 0.3 is 12.0 Å². The smallest absolute Gasteiger partial charge is 0.338 e. The third kappa shape index (κ3) is 3.10. The van der Waals surface area contributed by atoms with Crippen LogP contribution >= 0.6 is 15.9 Å². The Labute approximate surface area is 132 Å². The third-order valence-corrected chi connectivity index (χ3v) is 3.98. The van der Waals surface area contributed by atoms with Gasteiger partial charge < -0.3 is 15.0 Å². The number of hydrogen-bond donors (Lipinski definition) is 1. The lowest BCUT2D eigenvalue weighted by Crippen LogP contribution is -2.46. The van der Waals surface area contributed by atoms with Gasteiger partial charge in [0.05, 0.1) is 18.2 Å². The number of urea groups is 1. The molecule has 0 aromatic heterocycles. The number of ether oxygens (including phenoxy) is 1. The van der Waals surface area contributed by atoms with Crippen LogP contribution in [-0.2, 0) is 9.53 Å². The van der Waals surface area contributed by atoms with Crippen LogP contribution in [0.2, 0.25) is 0 Å². The minimum Gasteiger partial charge on any atom is -0.463 e. The highest BCUT2D eigenvalue weighted by atomic mass is 79.9. The van der Waals surface area contributed by atoms with Crippen LogP contribution in [0.15, 0.2) is 40.0 Å². The lowest BCUT2D eigenvalue weighted by atomic mass is 9.95. The maximum atomic E-state index is 12.2. The highest BCUT2D eigenvalue weighted by Gasteiger charge is 2.34. The van der Waals surface area contributed by atoms with E-state index in [4.69, 9.17) is 4.74 Å². The Morgan fingerprint density at radius 2 is 2.00 bits per heavy atom. The Balaban J connectivity index is 2.48. The standard InChI is InChI=1S/C15H17BrN2O3/c1-4-21-14(19)12-9(2)18(3)15(20)17-13(12)10-5-7-11(16)8-6-10/h5-8,13H,4H2,1-3H3,(H,17,20)/t13-/m0/s1. The van der Waals surface area contributed by atoms with E-state index in [9.17, 15) is 9.59 Å². The molecule has 0 bridgehead atoms. The van der Waals surface area contributed by atoms with Gasteiger partial charge in [-0.1, -0.05) is 28.1 Å². The molecule has 6 heteroatoms. The molecule has 0 unspecified atom stereocenters. The summed E-state index contributed by atoms with van der Waals surface area (Å²) in [6.45, 7) is 3.80. The summed E-state index contributed by atoms with van der Waals surface area (Å²) in [5.74, 6) is -0.408. The number of benzene rings is 1. The van der Waals surface area contributed by atoms with Crippen molar-refractivity contribution in [3.05, 3.63) is 45.6 Å². The van der Waals surface area contributed by atoms with Gasteiger partial charge in [0.25, 0.3) is 0 Å². The summed E-state index contributed by atoms with van der Waals surface area (Å²) in [5.41, 5.74) is 1.90. The molecule has 0 fully saturated rings. The van der Waals surface area contributed by atoms with Crippen LogP contribution in [0.5, 0.6) is 0 Å². The Hall–Kier alpha value is -1.82. The third-order valence-electron chi connectivity index (χ3n) is 3.45. The number of carbonyl (C=O) groups is 2. The van der Waals surface area contributed by atoms with Crippen LogP contribution in [0.1, 0.15) is 25.5 Å².